The molecule has 13 nitrogen and oxygen atoms in total. The van der Waals surface area contributed by atoms with Gasteiger partial charge in [0.2, 0.25) is 12.4 Å². The van der Waals surface area contributed by atoms with E-state index >= 15 is 0 Å². The average Bonchev–Trinajstić information content (AvgIpc) is 3.52. The number of carbonyl (C=O) groups is 5. The number of ketones is 1. The highest BCUT2D eigenvalue weighted by molar-refractivity contribution is 5.87. The van der Waals surface area contributed by atoms with Crippen molar-refractivity contribution in [2.45, 2.75) is 135 Å². The summed E-state index contributed by atoms with van der Waals surface area (Å²) in [6, 6.07) is 0. The molecule has 3 aliphatic heterocycles. The van der Waals surface area contributed by atoms with Crippen molar-refractivity contribution in [3.8, 4) is 0 Å². The van der Waals surface area contributed by atoms with Crippen molar-refractivity contribution in [1.82, 2.24) is 0 Å². The van der Waals surface area contributed by atoms with E-state index in [1.165, 1.54) is 26.8 Å². The van der Waals surface area contributed by atoms with Gasteiger partial charge in [-0.2, -0.15) is 0 Å². The first-order chi connectivity index (χ1) is 22.5. The van der Waals surface area contributed by atoms with Crippen LogP contribution in [0.2, 0.25) is 0 Å². The van der Waals surface area contributed by atoms with Gasteiger partial charge in [-0.1, -0.05) is 13.8 Å². The van der Waals surface area contributed by atoms with Gasteiger partial charge in [0.1, 0.15) is 12.4 Å². The monoisotopic (exact) mass is 674 g/mol. The Labute approximate surface area is 279 Å². The summed E-state index contributed by atoms with van der Waals surface area (Å²) in [5, 5.41) is 12.6. The molecular formula is C35H46O13. The van der Waals surface area contributed by atoms with Crippen molar-refractivity contribution < 1.29 is 62.2 Å². The van der Waals surface area contributed by atoms with Crippen molar-refractivity contribution in [2.75, 3.05) is 6.61 Å². The molecule has 0 aromatic rings. The molecule has 6 fully saturated rings. The number of carbonyl (C=O) groups excluding carboxylic acids is 5. The van der Waals surface area contributed by atoms with Gasteiger partial charge in [0, 0.05) is 44.6 Å². The molecular weight excluding hydrogens is 628 g/mol. The molecule has 0 aromatic heterocycles. The fourth-order valence-electron chi connectivity index (χ4n) is 11.1. The number of rotatable bonds is 4. The summed E-state index contributed by atoms with van der Waals surface area (Å²) >= 11 is 0. The van der Waals surface area contributed by atoms with E-state index in [0.717, 1.165) is 12.0 Å². The number of fused-ring (bicyclic) bond motifs is 7. The largest absolute Gasteiger partial charge is 0.458 e. The molecule has 14 atom stereocenters. The lowest BCUT2D eigenvalue weighted by Gasteiger charge is -2.65. The Balaban J connectivity index is 1.22. The first kappa shape index (κ1) is 33.6. The van der Waals surface area contributed by atoms with Gasteiger partial charge >= 0.3 is 29.7 Å². The lowest BCUT2D eigenvalue weighted by atomic mass is 9.42. The fourth-order valence-corrected chi connectivity index (χ4v) is 11.1. The van der Waals surface area contributed by atoms with Crippen LogP contribution < -0.4 is 0 Å². The molecule has 4 saturated carbocycles. The number of ether oxygens (including phenoxy) is 7. The van der Waals surface area contributed by atoms with E-state index in [4.69, 9.17) is 33.2 Å². The quantitative estimate of drug-likeness (QED) is 0.263. The van der Waals surface area contributed by atoms with E-state index in [9.17, 15) is 29.1 Å². The zero-order valence-corrected chi connectivity index (χ0v) is 28.4. The Bertz CT molecular complexity index is 1460. The highest BCUT2D eigenvalue weighted by Crippen LogP contribution is 2.69. The van der Waals surface area contributed by atoms with Gasteiger partial charge in [-0.25, -0.2) is 4.79 Å². The fraction of sp³-hybridized carbons (Fsp3) is 0.800. The van der Waals surface area contributed by atoms with Gasteiger partial charge in [-0.05, 0) is 74.2 Å². The lowest BCUT2D eigenvalue weighted by Crippen LogP contribution is -2.75. The number of esters is 4. The summed E-state index contributed by atoms with van der Waals surface area (Å²) in [4.78, 5) is 63.6. The predicted octanol–water partition coefficient (Wildman–Crippen LogP) is 2.68. The number of aliphatic hydroxyl groups is 1. The second-order valence-electron chi connectivity index (χ2n) is 15.6. The van der Waals surface area contributed by atoms with Gasteiger partial charge in [0.05, 0.1) is 23.9 Å². The topological polar surface area (TPSA) is 170 Å². The number of Topliss-reactive ketones (excluding diaryl/α,β-unsaturated/α-hetero) is 1. The van der Waals surface area contributed by atoms with Crippen LogP contribution in [0.1, 0.15) is 86.5 Å². The van der Waals surface area contributed by atoms with Gasteiger partial charge < -0.3 is 38.3 Å². The minimum absolute atomic E-state index is 0.0709. The van der Waals surface area contributed by atoms with Crippen LogP contribution in [0.5, 0.6) is 0 Å². The molecule has 7 aliphatic rings. The maximum Gasteiger partial charge on any atom is 0.331 e. The van der Waals surface area contributed by atoms with Gasteiger partial charge in [-0.15, -0.1) is 0 Å². The van der Waals surface area contributed by atoms with E-state index in [-0.39, 0.29) is 42.5 Å². The third kappa shape index (κ3) is 4.81. The van der Waals surface area contributed by atoms with Crippen molar-refractivity contribution in [2.24, 2.45) is 34.5 Å². The van der Waals surface area contributed by atoms with Crippen LogP contribution in [-0.4, -0.2) is 89.6 Å². The second kappa shape index (κ2) is 11.3. The first-order valence-electron chi connectivity index (χ1n) is 17.2. The van der Waals surface area contributed by atoms with Crippen molar-refractivity contribution in [1.29, 1.82) is 0 Å². The minimum atomic E-state index is -2.09. The molecule has 264 valence electrons. The standard InChI is InChI=1S/C35H46O13/c1-16-29(44-17(2)36)30(45-18(3)37)35(47-19(4)38)31(43-16)46-25-12-21-7-8-23-28(32(21,5)14-26(25)48-35)24(39)13-33(6)22(9-10-34(23,33)41)20-11-27(40)42-15-20/h11,16,21-23,25-26,28-31,41H,7-10,12-15H2,1-6H3/t16-,21-,22-,23-,25-,26-,28-,29+,30-,31+,32+,33-,34+,35+/m1/s1. The summed E-state index contributed by atoms with van der Waals surface area (Å²) in [7, 11) is 0. The summed E-state index contributed by atoms with van der Waals surface area (Å²) in [5.74, 6) is -5.33. The smallest absolute Gasteiger partial charge is 0.331 e. The molecule has 3 heterocycles. The first-order valence-corrected chi connectivity index (χ1v) is 17.2. The van der Waals surface area contributed by atoms with Crippen LogP contribution in [0.15, 0.2) is 11.6 Å². The molecule has 0 radical (unpaired) electrons. The highest BCUT2D eigenvalue weighted by Gasteiger charge is 2.73. The van der Waals surface area contributed by atoms with Crippen molar-refractivity contribution in [3.63, 3.8) is 0 Å². The van der Waals surface area contributed by atoms with Gasteiger partial charge in [-0.3, -0.25) is 19.2 Å². The molecule has 4 aliphatic carbocycles. The van der Waals surface area contributed by atoms with Crippen LogP contribution in [0.3, 0.4) is 0 Å². The molecule has 0 amide bonds. The molecule has 1 N–H and O–H groups in total. The van der Waals surface area contributed by atoms with E-state index in [1.54, 1.807) is 6.92 Å². The van der Waals surface area contributed by atoms with E-state index in [1.807, 2.05) is 6.92 Å². The maximum atomic E-state index is 14.5. The molecule has 0 unspecified atom stereocenters. The van der Waals surface area contributed by atoms with Gasteiger partial charge in [0.25, 0.3) is 0 Å². The van der Waals surface area contributed by atoms with Crippen LogP contribution in [0, 0.1) is 34.5 Å². The van der Waals surface area contributed by atoms with E-state index in [0.29, 0.717) is 32.1 Å². The molecule has 2 saturated heterocycles. The third-order valence-corrected chi connectivity index (χ3v) is 13.0. The number of hydrogen-bond donors (Lipinski definition) is 1. The Morgan fingerprint density at radius 3 is 2.33 bits per heavy atom. The maximum absolute atomic E-state index is 14.5. The van der Waals surface area contributed by atoms with Gasteiger partial charge in [0.15, 0.2) is 6.10 Å². The third-order valence-electron chi connectivity index (χ3n) is 13.0. The number of cyclic esters (lactones) is 1. The van der Waals surface area contributed by atoms with Crippen LogP contribution in [-0.2, 0) is 57.1 Å². The number of hydrogen-bond acceptors (Lipinski definition) is 13. The van der Waals surface area contributed by atoms with Crippen molar-refractivity contribution in [3.05, 3.63) is 11.6 Å². The van der Waals surface area contributed by atoms with Crippen LogP contribution >= 0.6 is 0 Å². The van der Waals surface area contributed by atoms with Crippen LogP contribution in [0.4, 0.5) is 0 Å². The Hall–Kier alpha value is -2.87. The van der Waals surface area contributed by atoms with Crippen LogP contribution in [0.25, 0.3) is 0 Å². The van der Waals surface area contributed by atoms with E-state index < -0.39 is 82.9 Å². The normalized spacial score (nSPS) is 49.2. The lowest BCUT2D eigenvalue weighted by molar-refractivity contribution is -0.467. The summed E-state index contributed by atoms with van der Waals surface area (Å²) < 4.78 is 41.7. The molecule has 0 aromatic carbocycles. The molecule has 48 heavy (non-hydrogen) atoms. The molecule has 13 heteroatoms. The average molecular weight is 675 g/mol. The Kier molecular flexibility index (Phi) is 7.93. The summed E-state index contributed by atoms with van der Waals surface area (Å²) in [5.41, 5.74) is -1.61. The highest BCUT2D eigenvalue weighted by atomic mass is 16.8. The summed E-state index contributed by atoms with van der Waals surface area (Å²) in [6.45, 7) is 9.51. The summed E-state index contributed by atoms with van der Waals surface area (Å²) in [6.07, 6.45) is -0.653. The Morgan fingerprint density at radius 1 is 0.958 bits per heavy atom. The minimum Gasteiger partial charge on any atom is -0.458 e. The predicted molar refractivity (Wildman–Crippen MR) is 161 cm³/mol. The van der Waals surface area contributed by atoms with Crippen molar-refractivity contribution >= 4 is 29.7 Å². The molecule has 0 spiro atoms. The molecule has 7 rings (SSSR count). The van der Waals surface area contributed by atoms with E-state index in [2.05, 4.69) is 6.92 Å². The zero-order chi connectivity index (χ0) is 34.6. The Morgan fingerprint density at radius 2 is 1.69 bits per heavy atom. The molecule has 0 bridgehead atoms. The second-order valence-corrected chi connectivity index (χ2v) is 15.6. The SMILES string of the molecule is CC(=O)O[C@@H]1[C@@H](OC(C)=O)[C@]2(OC(C)=O)O[C@@H]3C[C@@]4(C)[C@H](CC[C@@H]5[C@@H]4C(=O)C[C@]4(C)[C@@H](C6=CC(=O)OC6)CC[C@]54O)C[C@H]3O[C@@H]2O[C@@H]1C. The zero-order valence-electron chi connectivity index (χ0n) is 28.4.